The number of hydrogen-bond donors (Lipinski definition) is 5. The maximum atomic E-state index is 15.1. The Kier molecular flexibility index (Phi) is 6.45. The number of sulfonamides is 2. The molecule has 0 amide bonds. The second-order valence-corrected chi connectivity index (χ2v) is 13.0. The molecule has 2 aromatic heterocycles. The Morgan fingerprint density at radius 3 is 2.68 bits per heavy atom. The van der Waals surface area contributed by atoms with Crippen LogP contribution < -0.4 is 20.9 Å². The fourth-order valence-electron chi connectivity index (χ4n) is 4.44. The van der Waals surface area contributed by atoms with Gasteiger partial charge in [-0.05, 0) is 35.8 Å². The van der Waals surface area contributed by atoms with Gasteiger partial charge in [-0.3, -0.25) is 0 Å². The summed E-state index contributed by atoms with van der Waals surface area (Å²) in [5.74, 6) is -0.208. The largest absolute Gasteiger partial charge is 0.375 e. The number of aromatic amines is 1. The summed E-state index contributed by atoms with van der Waals surface area (Å²) in [7, 11) is -9.24. The van der Waals surface area contributed by atoms with Crippen LogP contribution in [0.1, 0.15) is 12.8 Å². The van der Waals surface area contributed by atoms with E-state index in [9.17, 15) is 16.8 Å². The van der Waals surface area contributed by atoms with E-state index in [0.29, 0.717) is 22.6 Å². The molecule has 5 rings (SSSR count). The molecule has 3 heterocycles. The van der Waals surface area contributed by atoms with Gasteiger partial charge in [0.25, 0.3) is 0 Å². The molecular weight excluding hydrogens is 545 g/mol. The van der Waals surface area contributed by atoms with E-state index in [0.717, 1.165) is 17.3 Å². The number of nitrogens with zero attached hydrogens (tertiary/aromatic N) is 4. The molecule has 13 nitrogen and oxygen atoms in total. The summed E-state index contributed by atoms with van der Waals surface area (Å²) in [5.41, 5.74) is 5.08. The van der Waals surface area contributed by atoms with Gasteiger partial charge in [0.1, 0.15) is 16.3 Å². The molecule has 0 aliphatic carbocycles. The first-order chi connectivity index (χ1) is 17.5. The molecule has 1 aliphatic heterocycles. The third-order valence-electron chi connectivity index (χ3n) is 6.11. The number of benzene rings is 2. The summed E-state index contributed by atoms with van der Waals surface area (Å²) in [4.78, 5) is 2.93. The van der Waals surface area contributed by atoms with Crippen LogP contribution >= 0.6 is 11.3 Å². The molecule has 0 spiro atoms. The number of fused-ring (bicyclic) bond motifs is 1. The molecule has 196 valence electrons. The van der Waals surface area contributed by atoms with Crippen LogP contribution in [0.2, 0.25) is 0 Å². The first-order valence-corrected chi connectivity index (χ1v) is 14.9. The van der Waals surface area contributed by atoms with Crippen molar-refractivity contribution in [1.29, 1.82) is 0 Å². The fraction of sp³-hybridized carbons (Fsp3) is 0.300. The topological polar surface area (TPSA) is 216 Å². The number of quaternary nitrogens is 1. The standard InChI is InChI=1S/C20H22FN9O4S3/c21-20(7-2-8-24-9-20)10-25-37(33,34)14-6-5-11(12-3-1-4-13-16(12)26-19(22)35-13)15(17(14)36(23,31)32)18-27-29-30-28-18/h1,3-6,24-25H,2,7-10H2,(H2,22,26)(H2,23,31,32)(H,27,28,29,30)/p+1/t20-/m0/s1. The molecule has 1 atom stereocenters. The Balaban J connectivity index is 1.72. The van der Waals surface area contributed by atoms with E-state index in [1.165, 1.54) is 17.4 Å². The predicted molar refractivity (Wildman–Crippen MR) is 134 cm³/mol. The van der Waals surface area contributed by atoms with Gasteiger partial charge < -0.3 is 11.1 Å². The van der Waals surface area contributed by atoms with Crippen LogP contribution in [0.15, 0.2) is 40.1 Å². The number of hydrogen-bond acceptors (Lipinski definition) is 10. The molecule has 0 saturated carbocycles. The van der Waals surface area contributed by atoms with Crippen LogP contribution in [0, 0.1) is 0 Å². The van der Waals surface area contributed by atoms with E-state index in [1.807, 2.05) is 0 Å². The van der Waals surface area contributed by atoms with Crippen molar-refractivity contribution in [3.8, 4) is 22.5 Å². The summed E-state index contributed by atoms with van der Waals surface area (Å²) in [6.07, 6.45) is 0.770. The van der Waals surface area contributed by atoms with Crippen molar-refractivity contribution in [2.24, 2.45) is 5.14 Å². The highest BCUT2D eigenvalue weighted by atomic mass is 32.2. The van der Waals surface area contributed by atoms with Crippen molar-refractivity contribution in [3.05, 3.63) is 30.3 Å². The Morgan fingerprint density at radius 2 is 2.00 bits per heavy atom. The fourth-order valence-corrected chi connectivity index (χ4v) is 7.91. The number of nitrogens with two attached hydrogens (primary N) is 3. The van der Waals surface area contributed by atoms with Gasteiger partial charge in [-0.15, -0.1) is 10.2 Å². The normalized spacial score (nSPS) is 18.9. The van der Waals surface area contributed by atoms with Gasteiger partial charge in [0.05, 0.1) is 28.9 Å². The lowest BCUT2D eigenvalue weighted by atomic mass is 9.97. The Morgan fingerprint density at radius 1 is 1.19 bits per heavy atom. The molecule has 1 fully saturated rings. The van der Waals surface area contributed by atoms with Crippen molar-refractivity contribution < 1.29 is 26.5 Å². The minimum atomic E-state index is -4.69. The number of tetrazole rings is 1. The maximum Gasteiger partial charge on any atom is 0.242 e. The summed E-state index contributed by atoms with van der Waals surface area (Å²) in [5, 5.41) is 21.2. The van der Waals surface area contributed by atoms with Gasteiger partial charge in [-0.2, -0.15) is 5.21 Å². The highest BCUT2D eigenvalue weighted by molar-refractivity contribution is 7.92. The SMILES string of the molecule is Nc1nc2c(-c3ccc(S(=O)(=O)NC[C@]4(F)CCC[NH2+]C4)c(S(N)(=O)=O)c3-c3nn[nH]n3)cccc2s1. The van der Waals surface area contributed by atoms with Crippen molar-refractivity contribution in [2.75, 3.05) is 25.4 Å². The van der Waals surface area contributed by atoms with E-state index in [2.05, 4.69) is 30.3 Å². The number of H-pyrrole nitrogens is 1. The Labute approximate surface area is 215 Å². The Bertz CT molecular complexity index is 1680. The van der Waals surface area contributed by atoms with Gasteiger partial charge >= 0.3 is 0 Å². The number of nitrogen functional groups attached to an aromatic ring is 1. The molecule has 17 heteroatoms. The number of rotatable bonds is 7. The molecule has 0 bridgehead atoms. The van der Waals surface area contributed by atoms with E-state index in [-0.39, 0.29) is 29.9 Å². The van der Waals surface area contributed by atoms with Gasteiger partial charge in [-0.25, -0.2) is 36.1 Å². The minimum Gasteiger partial charge on any atom is -0.375 e. The van der Waals surface area contributed by atoms with Crippen LogP contribution in [0.4, 0.5) is 9.52 Å². The molecule has 2 aromatic carbocycles. The van der Waals surface area contributed by atoms with Crippen molar-refractivity contribution in [1.82, 2.24) is 30.3 Å². The average molecular weight is 569 g/mol. The molecular formula is C20H23FN9O4S3+. The first kappa shape index (κ1) is 25.6. The van der Waals surface area contributed by atoms with Crippen LogP contribution in [0.25, 0.3) is 32.7 Å². The molecule has 37 heavy (non-hydrogen) atoms. The number of alkyl halides is 1. The molecule has 8 N–H and O–H groups in total. The number of thiazole rings is 1. The summed E-state index contributed by atoms with van der Waals surface area (Å²) >= 11 is 1.23. The zero-order chi connectivity index (χ0) is 26.4. The summed E-state index contributed by atoms with van der Waals surface area (Å²) in [6.45, 7) is 0.318. The minimum absolute atomic E-state index is 0.0887. The second kappa shape index (κ2) is 9.34. The van der Waals surface area contributed by atoms with Gasteiger partial charge in [0, 0.05) is 5.56 Å². The number of primary sulfonamides is 1. The highest BCUT2D eigenvalue weighted by Gasteiger charge is 2.38. The van der Waals surface area contributed by atoms with Crippen molar-refractivity contribution >= 4 is 46.7 Å². The van der Waals surface area contributed by atoms with Crippen LogP contribution in [0.5, 0.6) is 0 Å². The van der Waals surface area contributed by atoms with Gasteiger partial charge in [-0.1, -0.05) is 29.5 Å². The smallest absolute Gasteiger partial charge is 0.242 e. The van der Waals surface area contributed by atoms with Gasteiger partial charge in [0.15, 0.2) is 10.8 Å². The van der Waals surface area contributed by atoms with E-state index in [4.69, 9.17) is 10.9 Å². The molecule has 0 unspecified atom stereocenters. The van der Waals surface area contributed by atoms with E-state index < -0.39 is 42.1 Å². The van der Waals surface area contributed by atoms with Crippen LogP contribution in [-0.2, 0) is 20.0 Å². The first-order valence-electron chi connectivity index (χ1n) is 11.1. The predicted octanol–water partition coefficient (Wildman–Crippen LogP) is -0.283. The quantitative estimate of drug-likeness (QED) is 0.198. The number of para-hydroxylation sites is 1. The van der Waals surface area contributed by atoms with E-state index in [1.54, 1.807) is 23.5 Å². The molecule has 1 saturated heterocycles. The number of halogens is 1. The maximum absolute atomic E-state index is 15.1. The van der Waals surface area contributed by atoms with Crippen LogP contribution in [-0.4, -0.2) is 67.7 Å². The third kappa shape index (κ3) is 4.92. The lowest BCUT2D eigenvalue weighted by Gasteiger charge is -2.27. The van der Waals surface area contributed by atoms with Crippen LogP contribution in [0.3, 0.4) is 0 Å². The third-order valence-corrected chi connectivity index (χ3v) is 9.53. The van der Waals surface area contributed by atoms with Gasteiger partial charge in [0.2, 0.25) is 25.9 Å². The zero-order valence-corrected chi connectivity index (χ0v) is 21.6. The highest BCUT2D eigenvalue weighted by Crippen LogP contribution is 2.41. The lowest BCUT2D eigenvalue weighted by molar-refractivity contribution is -0.674. The average Bonchev–Trinajstić information content (AvgIpc) is 3.51. The zero-order valence-electron chi connectivity index (χ0n) is 19.2. The number of aromatic nitrogens is 5. The second-order valence-electron chi connectivity index (χ2n) is 8.66. The van der Waals surface area contributed by atoms with Crippen molar-refractivity contribution in [2.45, 2.75) is 28.3 Å². The van der Waals surface area contributed by atoms with E-state index >= 15 is 4.39 Å². The summed E-state index contributed by atoms with van der Waals surface area (Å²) in [6, 6.07) is 7.69. The van der Waals surface area contributed by atoms with Crippen molar-refractivity contribution in [3.63, 3.8) is 0 Å². The number of piperidine rings is 1. The Hall–Kier alpha value is -3.09. The number of anilines is 1. The number of nitrogens with one attached hydrogen (secondary N) is 2. The molecule has 1 aliphatic rings. The lowest BCUT2D eigenvalue weighted by Crippen LogP contribution is -2.90. The monoisotopic (exact) mass is 568 g/mol. The summed E-state index contributed by atoms with van der Waals surface area (Å²) < 4.78 is 70.7. The molecule has 0 radical (unpaired) electrons. The molecule has 4 aromatic rings.